The van der Waals surface area contributed by atoms with Crippen LogP contribution in [0.2, 0.25) is 10.0 Å². The topological polar surface area (TPSA) is 0 Å². The van der Waals surface area contributed by atoms with Crippen molar-refractivity contribution in [1.82, 2.24) is 0 Å². The second-order valence-corrected chi connectivity index (χ2v) is 7.51. The zero-order valence-corrected chi connectivity index (χ0v) is 15.6. The van der Waals surface area contributed by atoms with Crippen LogP contribution in [-0.2, 0) is 0 Å². The van der Waals surface area contributed by atoms with Crippen molar-refractivity contribution in [2.45, 2.75) is 12.3 Å². The quantitative estimate of drug-likeness (QED) is 0.427. The van der Waals surface area contributed by atoms with Gasteiger partial charge in [0.2, 0.25) is 0 Å². The molecule has 0 spiro atoms. The van der Waals surface area contributed by atoms with Gasteiger partial charge >= 0.3 is 0 Å². The van der Waals surface area contributed by atoms with Gasteiger partial charge in [-0.1, -0.05) is 83.3 Å². The summed E-state index contributed by atoms with van der Waals surface area (Å²) in [5.74, 6) is 0.207. The van der Waals surface area contributed by atoms with E-state index in [1.54, 1.807) is 0 Å². The maximum absolute atomic E-state index is 6.78. The Bertz CT molecular complexity index is 941. The van der Waals surface area contributed by atoms with Gasteiger partial charge in [0.25, 0.3) is 0 Å². The van der Waals surface area contributed by atoms with E-state index < -0.39 is 0 Å². The van der Waals surface area contributed by atoms with Crippen LogP contribution in [0.4, 0.5) is 0 Å². The van der Waals surface area contributed by atoms with Gasteiger partial charge in [0, 0.05) is 26.6 Å². The van der Waals surface area contributed by atoms with E-state index in [9.17, 15) is 0 Å². The molecule has 0 aromatic heterocycles. The molecule has 1 aliphatic carbocycles. The van der Waals surface area contributed by atoms with E-state index in [0.717, 1.165) is 38.2 Å². The van der Waals surface area contributed by atoms with Crippen molar-refractivity contribution in [3.63, 3.8) is 0 Å². The average molecular weight is 386 g/mol. The zero-order chi connectivity index (χ0) is 17.4. The lowest BCUT2D eigenvalue weighted by Crippen LogP contribution is -2.11. The van der Waals surface area contributed by atoms with Gasteiger partial charge in [0.15, 0.2) is 0 Å². The van der Waals surface area contributed by atoms with Crippen LogP contribution in [0.25, 0.3) is 5.57 Å². The Morgan fingerprint density at radius 2 is 1.40 bits per heavy atom. The first kappa shape index (κ1) is 16.7. The number of hydrogen-bond acceptors (Lipinski definition) is 0. The van der Waals surface area contributed by atoms with Crippen LogP contribution in [-0.4, -0.2) is 0 Å². The third-order valence-corrected chi connectivity index (χ3v) is 5.48. The summed E-state index contributed by atoms with van der Waals surface area (Å²) < 4.78 is 0. The summed E-state index contributed by atoms with van der Waals surface area (Å²) in [5, 5.41) is 2.33. The molecule has 124 valence electrons. The second-order valence-electron chi connectivity index (χ2n) is 6.19. The molecule has 1 atom stereocenters. The van der Waals surface area contributed by atoms with Crippen molar-refractivity contribution in [2.75, 3.05) is 0 Å². The smallest absolute Gasteiger partial charge is 0.0409 e. The highest BCUT2D eigenvalue weighted by Crippen LogP contribution is 2.46. The van der Waals surface area contributed by atoms with E-state index in [1.807, 2.05) is 36.4 Å². The van der Waals surface area contributed by atoms with Crippen LogP contribution in [0.3, 0.4) is 0 Å². The van der Waals surface area contributed by atoms with Crippen LogP contribution < -0.4 is 0 Å². The summed E-state index contributed by atoms with van der Waals surface area (Å²) >= 11 is 19.1. The Morgan fingerprint density at radius 1 is 0.720 bits per heavy atom. The van der Waals surface area contributed by atoms with E-state index in [4.69, 9.17) is 34.8 Å². The van der Waals surface area contributed by atoms with Gasteiger partial charge in [0.05, 0.1) is 0 Å². The Kier molecular flexibility index (Phi) is 4.60. The number of rotatable bonds is 2. The molecule has 0 amide bonds. The van der Waals surface area contributed by atoms with Crippen LogP contribution in [0, 0.1) is 0 Å². The molecule has 0 saturated carbocycles. The van der Waals surface area contributed by atoms with Gasteiger partial charge in [0.1, 0.15) is 0 Å². The number of fused-ring (bicyclic) bond motifs is 1. The first-order valence-electron chi connectivity index (χ1n) is 8.13. The normalized spacial score (nSPS) is 16.7. The lowest BCUT2D eigenvalue weighted by molar-refractivity contribution is 0.805. The fourth-order valence-corrected chi connectivity index (χ4v) is 4.17. The van der Waals surface area contributed by atoms with E-state index in [2.05, 4.69) is 36.4 Å². The molecule has 0 bridgehead atoms. The number of halogens is 3. The van der Waals surface area contributed by atoms with Crippen LogP contribution in [0.15, 0.2) is 77.8 Å². The predicted molar refractivity (Wildman–Crippen MR) is 108 cm³/mol. The van der Waals surface area contributed by atoms with Crippen molar-refractivity contribution in [1.29, 1.82) is 0 Å². The van der Waals surface area contributed by atoms with Crippen molar-refractivity contribution in [3.05, 3.63) is 110 Å². The summed E-state index contributed by atoms with van der Waals surface area (Å²) in [7, 11) is 0. The number of benzene rings is 3. The van der Waals surface area contributed by atoms with Crippen LogP contribution in [0.5, 0.6) is 0 Å². The molecule has 25 heavy (non-hydrogen) atoms. The van der Waals surface area contributed by atoms with E-state index in [0.29, 0.717) is 0 Å². The molecule has 0 N–H and O–H groups in total. The van der Waals surface area contributed by atoms with Crippen molar-refractivity contribution in [3.8, 4) is 0 Å². The van der Waals surface area contributed by atoms with Gasteiger partial charge in [-0.05, 0) is 52.9 Å². The molecule has 3 heteroatoms. The van der Waals surface area contributed by atoms with Gasteiger partial charge in [-0.15, -0.1) is 0 Å². The molecule has 1 unspecified atom stereocenters. The van der Waals surface area contributed by atoms with E-state index >= 15 is 0 Å². The predicted octanol–water partition coefficient (Wildman–Crippen LogP) is 7.53. The molecule has 0 nitrogen and oxygen atoms in total. The average Bonchev–Trinajstić information content (AvgIpc) is 2.63. The zero-order valence-electron chi connectivity index (χ0n) is 13.3. The molecular formula is C22H15Cl3. The molecular weight excluding hydrogens is 371 g/mol. The first-order chi connectivity index (χ1) is 12.1. The maximum atomic E-state index is 6.78. The number of allylic oxidation sites excluding steroid dienone is 1. The van der Waals surface area contributed by atoms with Crippen molar-refractivity contribution >= 4 is 40.4 Å². The lowest BCUT2D eigenvalue weighted by Gasteiger charge is -2.29. The monoisotopic (exact) mass is 384 g/mol. The largest absolute Gasteiger partial charge is 0.0884 e. The van der Waals surface area contributed by atoms with Crippen molar-refractivity contribution < 1.29 is 0 Å². The summed E-state index contributed by atoms with van der Waals surface area (Å²) in [5.41, 5.74) is 5.74. The molecule has 0 heterocycles. The first-order valence-corrected chi connectivity index (χ1v) is 9.26. The lowest BCUT2D eigenvalue weighted by atomic mass is 9.77. The third-order valence-electron chi connectivity index (χ3n) is 4.65. The molecule has 0 fully saturated rings. The number of hydrogen-bond donors (Lipinski definition) is 0. The van der Waals surface area contributed by atoms with Crippen molar-refractivity contribution in [2.24, 2.45) is 0 Å². The second kappa shape index (κ2) is 6.88. The Morgan fingerprint density at radius 3 is 2.12 bits per heavy atom. The molecule has 1 aliphatic rings. The fraction of sp³-hybridized carbons (Fsp3) is 0.0909. The van der Waals surface area contributed by atoms with Gasteiger partial charge in [-0.2, -0.15) is 0 Å². The molecule has 3 aromatic rings. The SMILES string of the molecule is ClC1=C(c2ccc(Cl)cc2)c2ccc(Cl)cc2C(c2ccccc2)C1. The molecule has 3 aromatic carbocycles. The minimum Gasteiger partial charge on any atom is -0.0884 e. The molecule has 0 aliphatic heterocycles. The molecule has 4 rings (SSSR count). The highest BCUT2D eigenvalue weighted by Gasteiger charge is 2.28. The summed E-state index contributed by atoms with van der Waals surface area (Å²) in [6, 6.07) is 24.3. The Hall–Kier alpha value is -1.73. The van der Waals surface area contributed by atoms with Crippen LogP contribution in [0.1, 0.15) is 34.6 Å². The Labute approximate surface area is 162 Å². The van der Waals surface area contributed by atoms with Gasteiger partial charge in [-0.3, -0.25) is 0 Å². The van der Waals surface area contributed by atoms with Gasteiger partial charge < -0.3 is 0 Å². The van der Waals surface area contributed by atoms with Crippen LogP contribution >= 0.6 is 34.8 Å². The summed E-state index contributed by atoms with van der Waals surface area (Å²) in [6.07, 6.45) is 0.761. The molecule has 0 saturated heterocycles. The van der Waals surface area contributed by atoms with E-state index in [-0.39, 0.29) is 5.92 Å². The summed E-state index contributed by atoms with van der Waals surface area (Å²) in [6.45, 7) is 0. The van der Waals surface area contributed by atoms with Gasteiger partial charge in [-0.25, -0.2) is 0 Å². The maximum Gasteiger partial charge on any atom is 0.0409 e. The fourth-order valence-electron chi connectivity index (χ4n) is 3.50. The molecule has 0 radical (unpaired) electrons. The summed E-state index contributed by atoms with van der Waals surface area (Å²) in [4.78, 5) is 0. The standard InChI is InChI=1S/C22H15Cl3/c23-16-8-6-15(7-9-16)22-18-11-10-17(24)12-20(18)19(13-21(22)25)14-4-2-1-3-5-14/h1-12,19H,13H2. The minimum atomic E-state index is 0.207. The highest BCUT2D eigenvalue weighted by molar-refractivity contribution is 6.34. The highest BCUT2D eigenvalue weighted by atomic mass is 35.5. The Balaban J connectivity index is 1.90. The third kappa shape index (κ3) is 3.22. The minimum absolute atomic E-state index is 0.207. The van der Waals surface area contributed by atoms with E-state index in [1.165, 1.54) is 11.1 Å².